The molecule has 1 aromatic rings. The topological polar surface area (TPSA) is 97.1 Å². The summed E-state index contributed by atoms with van der Waals surface area (Å²) in [6.45, 7) is 2.99. The van der Waals surface area contributed by atoms with Crippen molar-refractivity contribution >= 4 is 10.0 Å². The van der Waals surface area contributed by atoms with Crippen LogP contribution in [0.5, 0.6) is 0 Å². The Morgan fingerprint density at radius 3 is 2.60 bits per heavy atom. The highest BCUT2D eigenvalue weighted by Crippen LogP contribution is 1.95. The third-order valence-corrected chi connectivity index (χ3v) is 2.24. The zero-order valence-electron chi connectivity index (χ0n) is 8.65. The summed E-state index contributed by atoms with van der Waals surface area (Å²) in [4.78, 5) is 0. The van der Waals surface area contributed by atoms with Gasteiger partial charge in [-0.2, -0.15) is 0 Å². The first kappa shape index (κ1) is 12.1. The van der Waals surface area contributed by atoms with Gasteiger partial charge in [0.25, 0.3) is 0 Å². The number of hydrogen-bond donors (Lipinski definition) is 2. The van der Waals surface area contributed by atoms with E-state index in [1.165, 1.54) is 0 Å². The van der Waals surface area contributed by atoms with Crippen molar-refractivity contribution in [3.8, 4) is 0 Å². The lowest BCUT2D eigenvalue weighted by Crippen LogP contribution is -2.30. The summed E-state index contributed by atoms with van der Waals surface area (Å²) in [6.07, 6.45) is 1.12. The molecule has 0 aliphatic heterocycles. The van der Waals surface area contributed by atoms with Crippen LogP contribution in [-0.4, -0.2) is 38.0 Å². The summed E-state index contributed by atoms with van der Waals surface area (Å²) in [7, 11) is -3.11. The van der Waals surface area contributed by atoms with E-state index in [1.807, 2.05) is 0 Å². The van der Waals surface area contributed by atoms with E-state index in [9.17, 15) is 8.42 Å². The largest absolute Gasteiger partial charge is 0.424 e. The molecule has 0 unspecified atom stereocenters. The third kappa shape index (κ3) is 5.45. The van der Waals surface area contributed by atoms with Gasteiger partial charge in [-0.15, -0.1) is 10.2 Å². The van der Waals surface area contributed by atoms with E-state index in [1.54, 1.807) is 6.92 Å². The molecule has 0 bridgehead atoms. The van der Waals surface area contributed by atoms with Crippen LogP contribution in [0.25, 0.3) is 0 Å². The minimum absolute atomic E-state index is 0.339. The molecule has 2 N–H and O–H groups in total. The van der Waals surface area contributed by atoms with Crippen LogP contribution in [-0.2, 0) is 16.6 Å². The van der Waals surface area contributed by atoms with E-state index in [0.29, 0.717) is 31.4 Å². The molecule has 15 heavy (non-hydrogen) atoms. The van der Waals surface area contributed by atoms with Crippen LogP contribution in [0.15, 0.2) is 4.42 Å². The first-order chi connectivity index (χ1) is 6.97. The molecule has 0 saturated carbocycles. The second kappa shape index (κ2) is 5.19. The normalized spacial score (nSPS) is 11.9. The van der Waals surface area contributed by atoms with Gasteiger partial charge in [0.15, 0.2) is 0 Å². The average Bonchev–Trinajstić information content (AvgIpc) is 2.49. The van der Waals surface area contributed by atoms with Crippen molar-refractivity contribution < 1.29 is 12.8 Å². The summed E-state index contributed by atoms with van der Waals surface area (Å²) < 4.78 is 28.8. The van der Waals surface area contributed by atoms with Crippen LogP contribution >= 0.6 is 0 Å². The monoisotopic (exact) mass is 234 g/mol. The maximum Gasteiger partial charge on any atom is 0.230 e. The maximum absolute atomic E-state index is 10.7. The van der Waals surface area contributed by atoms with E-state index < -0.39 is 10.0 Å². The Balaban J connectivity index is 2.12. The second-order valence-corrected chi connectivity index (χ2v) is 4.89. The number of nitrogens with zero attached hydrogens (tertiary/aromatic N) is 2. The average molecular weight is 234 g/mol. The van der Waals surface area contributed by atoms with Gasteiger partial charge in [-0.05, 0) is 0 Å². The smallest absolute Gasteiger partial charge is 0.230 e. The number of nitrogens with one attached hydrogen (secondary N) is 2. The van der Waals surface area contributed by atoms with Gasteiger partial charge < -0.3 is 9.73 Å². The van der Waals surface area contributed by atoms with Gasteiger partial charge in [-0.1, -0.05) is 0 Å². The molecular formula is C7H14N4O3S. The van der Waals surface area contributed by atoms with Crippen molar-refractivity contribution in [2.75, 3.05) is 19.3 Å². The minimum Gasteiger partial charge on any atom is -0.424 e. The maximum atomic E-state index is 10.7. The predicted octanol–water partition coefficient (Wildman–Crippen LogP) is -0.983. The molecule has 0 aliphatic carbocycles. The standard InChI is InChI=1S/C7H14N4O3S/c1-6-10-11-7(14-6)5-8-3-4-9-15(2,12)13/h8-9H,3-5H2,1-2H3. The summed E-state index contributed by atoms with van der Waals surface area (Å²) in [5.41, 5.74) is 0. The zero-order chi connectivity index (χ0) is 11.3. The van der Waals surface area contributed by atoms with Crippen LogP contribution in [0.1, 0.15) is 11.8 Å². The third-order valence-electron chi connectivity index (χ3n) is 1.51. The molecule has 7 nitrogen and oxygen atoms in total. The summed E-state index contributed by atoms with van der Waals surface area (Å²) in [5.74, 6) is 1.01. The molecule has 86 valence electrons. The SMILES string of the molecule is Cc1nnc(CNCCNS(C)(=O)=O)o1. The summed E-state index contributed by atoms with van der Waals surface area (Å²) >= 11 is 0. The number of sulfonamides is 1. The fourth-order valence-electron chi connectivity index (χ4n) is 0.929. The van der Waals surface area contributed by atoms with E-state index in [2.05, 4.69) is 20.2 Å². The lowest BCUT2D eigenvalue weighted by Gasteiger charge is -2.02. The molecule has 8 heteroatoms. The second-order valence-electron chi connectivity index (χ2n) is 3.06. The van der Waals surface area contributed by atoms with Gasteiger partial charge in [0.1, 0.15) is 0 Å². The quantitative estimate of drug-likeness (QED) is 0.614. The molecule has 0 saturated heterocycles. The van der Waals surface area contributed by atoms with Gasteiger partial charge in [0.05, 0.1) is 12.8 Å². The minimum atomic E-state index is -3.11. The Labute approximate surface area is 88.3 Å². The van der Waals surface area contributed by atoms with Crippen molar-refractivity contribution in [1.29, 1.82) is 0 Å². The molecule has 0 amide bonds. The Morgan fingerprint density at radius 2 is 2.07 bits per heavy atom. The van der Waals surface area contributed by atoms with Crippen molar-refractivity contribution in [2.24, 2.45) is 0 Å². The van der Waals surface area contributed by atoms with Crippen LogP contribution < -0.4 is 10.0 Å². The Bertz CT molecular complexity index is 400. The van der Waals surface area contributed by atoms with Gasteiger partial charge in [0, 0.05) is 20.0 Å². The van der Waals surface area contributed by atoms with Crippen LogP contribution in [0.2, 0.25) is 0 Å². The zero-order valence-corrected chi connectivity index (χ0v) is 9.47. The molecule has 1 aromatic heterocycles. The Kier molecular flexibility index (Phi) is 4.18. The van der Waals surface area contributed by atoms with Crippen LogP contribution in [0.4, 0.5) is 0 Å². The number of aryl methyl sites for hydroxylation is 1. The molecule has 0 aromatic carbocycles. The van der Waals surface area contributed by atoms with Crippen LogP contribution in [0.3, 0.4) is 0 Å². The highest BCUT2D eigenvalue weighted by molar-refractivity contribution is 7.88. The highest BCUT2D eigenvalue weighted by Gasteiger charge is 2.01. The van der Waals surface area contributed by atoms with Gasteiger partial charge in [0.2, 0.25) is 21.8 Å². The summed E-state index contributed by atoms with van der Waals surface area (Å²) in [5, 5.41) is 10.4. The van der Waals surface area contributed by atoms with Crippen molar-refractivity contribution in [1.82, 2.24) is 20.2 Å². The molecule has 0 atom stereocenters. The van der Waals surface area contributed by atoms with Gasteiger partial charge >= 0.3 is 0 Å². The number of aromatic nitrogens is 2. The Hall–Kier alpha value is -0.990. The van der Waals surface area contributed by atoms with Crippen LogP contribution in [0, 0.1) is 6.92 Å². The first-order valence-electron chi connectivity index (χ1n) is 4.42. The van der Waals surface area contributed by atoms with E-state index in [-0.39, 0.29) is 0 Å². The molecule has 0 spiro atoms. The van der Waals surface area contributed by atoms with Crippen molar-refractivity contribution in [3.05, 3.63) is 11.8 Å². The number of hydrogen-bond acceptors (Lipinski definition) is 6. The van der Waals surface area contributed by atoms with Gasteiger partial charge in [-0.3, -0.25) is 0 Å². The van der Waals surface area contributed by atoms with E-state index in [4.69, 9.17) is 4.42 Å². The van der Waals surface area contributed by atoms with E-state index >= 15 is 0 Å². The molecule has 1 heterocycles. The van der Waals surface area contributed by atoms with Crippen molar-refractivity contribution in [3.63, 3.8) is 0 Å². The highest BCUT2D eigenvalue weighted by atomic mass is 32.2. The van der Waals surface area contributed by atoms with E-state index in [0.717, 1.165) is 6.26 Å². The van der Waals surface area contributed by atoms with Crippen molar-refractivity contribution in [2.45, 2.75) is 13.5 Å². The predicted molar refractivity (Wildman–Crippen MR) is 53.6 cm³/mol. The fraction of sp³-hybridized carbons (Fsp3) is 0.714. The molecular weight excluding hydrogens is 220 g/mol. The molecule has 0 aliphatic rings. The lowest BCUT2D eigenvalue weighted by molar-refractivity contribution is 0.447. The number of rotatable bonds is 6. The molecule has 0 fully saturated rings. The summed E-state index contributed by atoms with van der Waals surface area (Å²) in [6, 6.07) is 0. The molecule has 1 rings (SSSR count). The first-order valence-corrected chi connectivity index (χ1v) is 6.31. The molecule has 0 radical (unpaired) electrons. The van der Waals surface area contributed by atoms with Gasteiger partial charge in [-0.25, -0.2) is 13.1 Å². The Morgan fingerprint density at radius 1 is 1.33 bits per heavy atom. The lowest BCUT2D eigenvalue weighted by atomic mass is 10.6. The fourth-order valence-corrected chi connectivity index (χ4v) is 1.40.